The second-order valence-corrected chi connectivity index (χ2v) is 6.65. The smallest absolute Gasteiger partial charge is 0.185 e. The van der Waals surface area contributed by atoms with Crippen molar-refractivity contribution in [1.29, 1.82) is 0 Å². The fourth-order valence-electron chi connectivity index (χ4n) is 2.31. The molecule has 0 bridgehead atoms. The lowest BCUT2D eigenvalue weighted by atomic mass is 10.2. The summed E-state index contributed by atoms with van der Waals surface area (Å²) in [6.07, 6.45) is 7.29. The van der Waals surface area contributed by atoms with E-state index in [0.717, 1.165) is 32.6 Å². The van der Waals surface area contributed by atoms with Crippen LogP contribution in [0.4, 0.5) is 5.13 Å². The summed E-state index contributed by atoms with van der Waals surface area (Å²) in [5.74, 6) is 0. The SMILES string of the molecule is CCCCN(CCCC)c1nc(CCC)c(CNCC)s1. The minimum absolute atomic E-state index is 0.971. The zero-order valence-corrected chi connectivity index (χ0v) is 15.2. The third kappa shape index (κ3) is 6.35. The summed E-state index contributed by atoms with van der Waals surface area (Å²) < 4.78 is 0. The number of aryl methyl sites for hydroxylation is 1. The lowest BCUT2D eigenvalue weighted by Gasteiger charge is -2.21. The van der Waals surface area contributed by atoms with Crippen LogP contribution in [-0.4, -0.2) is 24.6 Å². The molecule has 122 valence electrons. The molecule has 0 aliphatic rings. The van der Waals surface area contributed by atoms with Crippen LogP contribution in [0.5, 0.6) is 0 Å². The van der Waals surface area contributed by atoms with Crippen molar-refractivity contribution in [3.63, 3.8) is 0 Å². The van der Waals surface area contributed by atoms with Crippen molar-refractivity contribution >= 4 is 16.5 Å². The fourth-order valence-corrected chi connectivity index (χ4v) is 3.44. The molecule has 0 spiro atoms. The highest BCUT2D eigenvalue weighted by molar-refractivity contribution is 7.15. The summed E-state index contributed by atoms with van der Waals surface area (Å²) >= 11 is 1.90. The maximum atomic E-state index is 4.96. The third-order valence-corrected chi connectivity index (χ3v) is 4.78. The van der Waals surface area contributed by atoms with Gasteiger partial charge in [0, 0.05) is 24.5 Å². The molecule has 21 heavy (non-hydrogen) atoms. The molecule has 0 saturated heterocycles. The fraction of sp³-hybridized carbons (Fsp3) is 0.824. The van der Waals surface area contributed by atoms with Crippen molar-refractivity contribution in [2.24, 2.45) is 0 Å². The van der Waals surface area contributed by atoms with Gasteiger partial charge in [0.1, 0.15) is 0 Å². The lowest BCUT2D eigenvalue weighted by molar-refractivity contribution is 0.674. The largest absolute Gasteiger partial charge is 0.348 e. The second-order valence-electron chi connectivity index (χ2n) is 5.59. The number of nitrogens with zero attached hydrogens (tertiary/aromatic N) is 2. The van der Waals surface area contributed by atoms with E-state index in [2.05, 4.69) is 37.9 Å². The Hall–Kier alpha value is -0.610. The summed E-state index contributed by atoms with van der Waals surface area (Å²) in [4.78, 5) is 8.91. The Bertz CT molecular complexity index is 368. The zero-order valence-electron chi connectivity index (χ0n) is 14.4. The first-order chi connectivity index (χ1) is 10.3. The van der Waals surface area contributed by atoms with Crippen LogP contribution >= 0.6 is 11.3 Å². The molecule has 0 aromatic carbocycles. The minimum atomic E-state index is 0.971. The summed E-state index contributed by atoms with van der Waals surface area (Å²) in [5.41, 5.74) is 1.32. The molecule has 4 heteroatoms. The molecule has 0 aliphatic carbocycles. The van der Waals surface area contributed by atoms with Gasteiger partial charge < -0.3 is 10.2 Å². The van der Waals surface area contributed by atoms with Gasteiger partial charge in [0.05, 0.1) is 5.69 Å². The number of hydrogen-bond donors (Lipinski definition) is 1. The molecule has 3 nitrogen and oxygen atoms in total. The van der Waals surface area contributed by atoms with Crippen molar-refractivity contribution in [1.82, 2.24) is 10.3 Å². The van der Waals surface area contributed by atoms with Gasteiger partial charge in [-0.15, -0.1) is 11.3 Å². The van der Waals surface area contributed by atoms with Gasteiger partial charge in [0.25, 0.3) is 0 Å². The predicted molar refractivity (Wildman–Crippen MR) is 95.5 cm³/mol. The van der Waals surface area contributed by atoms with Gasteiger partial charge >= 0.3 is 0 Å². The van der Waals surface area contributed by atoms with E-state index < -0.39 is 0 Å². The average Bonchev–Trinajstić information content (AvgIpc) is 2.88. The Balaban J connectivity index is 2.83. The van der Waals surface area contributed by atoms with E-state index in [1.54, 1.807) is 0 Å². The van der Waals surface area contributed by atoms with E-state index >= 15 is 0 Å². The molecule has 1 heterocycles. The van der Waals surface area contributed by atoms with Crippen LogP contribution in [0.1, 0.15) is 70.4 Å². The number of thiazole rings is 1. The summed E-state index contributed by atoms with van der Waals surface area (Å²) in [6.45, 7) is 13.2. The molecule has 0 saturated carbocycles. The van der Waals surface area contributed by atoms with Crippen LogP contribution in [0.15, 0.2) is 0 Å². The Morgan fingerprint density at radius 2 is 1.67 bits per heavy atom. The van der Waals surface area contributed by atoms with Crippen LogP contribution < -0.4 is 10.2 Å². The average molecular weight is 312 g/mol. The topological polar surface area (TPSA) is 28.2 Å². The van der Waals surface area contributed by atoms with Crippen molar-refractivity contribution in [3.05, 3.63) is 10.6 Å². The maximum absolute atomic E-state index is 4.96. The van der Waals surface area contributed by atoms with E-state index in [-0.39, 0.29) is 0 Å². The molecule has 1 N–H and O–H groups in total. The van der Waals surface area contributed by atoms with Crippen LogP contribution in [0.3, 0.4) is 0 Å². The van der Waals surface area contributed by atoms with E-state index in [1.807, 2.05) is 11.3 Å². The number of nitrogens with one attached hydrogen (secondary N) is 1. The van der Waals surface area contributed by atoms with Gasteiger partial charge in [-0.2, -0.15) is 0 Å². The molecule has 0 amide bonds. The molecular formula is C17H33N3S. The first-order valence-corrected chi connectivity index (χ1v) is 9.52. The number of rotatable bonds is 12. The summed E-state index contributed by atoms with van der Waals surface area (Å²) in [7, 11) is 0. The van der Waals surface area contributed by atoms with Gasteiger partial charge in [-0.05, 0) is 25.8 Å². The van der Waals surface area contributed by atoms with Crippen LogP contribution in [0.25, 0.3) is 0 Å². The standard InChI is InChI=1S/C17H33N3S/c1-5-9-12-20(13-10-6-2)17-19-15(11-7-3)16(21-17)14-18-8-4/h18H,5-14H2,1-4H3. The van der Waals surface area contributed by atoms with Gasteiger partial charge in [-0.25, -0.2) is 4.98 Å². The van der Waals surface area contributed by atoms with Gasteiger partial charge in [-0.1, -0.05) is 47.0 Å². The Labute approximate surface area is 135 Å². The second kappa shape index (κ2) is 11.0. The maximum Gasteiger partial charge on any atom is 0.185 e. The zero-order chi connectivity index (χ0) is 15.5. The number of aromatic nitrogens is 1. The number of unbranched alkanes of at least 4 members (excludes halogenated alkanes) is 2. The normalized spacial score (nSPS) is 11.0. The molecule has 0 aliphatic heterocycles. The van der Waals surface area contributed by atoms with Crippen LogP contribution in [0.2, 0.25) is 0 Å². The molecule has 1 aromatic heterocycles. The highest BCUT2D eigenvalue weighted by Crippen LogP contribution is 2.28. The third-order valence-electron chi connectivity index (χ3n) is 3.62. The highest BCUT2D eigenvalue weighted by Gasteiger charge is 2.15. The monoisotopic (exact) mass is 311 g/mol. The first-order valence-electron chi connectivity index (χ1n) is 8.70. The molecule has 1 rings (SSSR count). The van der Waals surface area contributed by atoms with Crippen molar-refractivity contribution < 1.29 is 0 Å². The molecule has 0 radical (unpaired) electrons. The van der Waals surface area contributed by atoms with Crippen LogP contribution in [0, 0.1) is 0 Å². The quantitative estimate of drug-likeness (QED) is 0.611. The Morgan fingerprint density at radius 1 is 1.00 bits per heavy atom. The van der Waals surface area contributed by atoms with Crippen molar-refractivity contribution in [3.8, 4) is 0 Å². The van der Waals surface area contributed by atoms with E-state index in [4.69, 9.17) is 4.98 Å². The Morgan fingerprint density at radius 3 is 2.19 bits per heavy atom. The Kier molecular flexibility index (Phi) is 9.68. The van der Waals surface area contributed by atoms with Crippen molar-refractivity contribution in [2.45, 2.75) is 72.8 Å². The first kappa shape index (κ1) is 18.4. The minimum Gasteiger partial charge on any atom is -0.348 e. The van der Waals surface area contributed by atoms with Gasteiger partial charge in [0.15, 0.2) is 5.13 Å². The van der Waals surface area contributed by atoms with Crippen molar-refractivity contribution in [2.75, 3.05) is 24.5 Å². The van der Waals surface area contributed by atoms with E-state index in [1.165, 1.54) is 47.8 Å². The predicted octanol–water partition coefficient (Wildman–Crippen LogP) is 4.61. The summed E-state index contributed by atoms with van der Waals surface area (Å²) in [6, 6.07) is 0. The molecule has 0 unspecified atom stereocenters. The van der Waals surface area contributed by atoms with E-state index in [0.29, 0.717) is 0 Å². The van der Waals surface area contributed by atoms with Crippen LogP contribution in [-0.2, 0) is 13.0 Å². The lowest BCUT2D eigenvalue weighted by Crippen LogP contribution is -2.25. The molecular weight excluding hydrogens is 278 g/mol. The molecule has 0 atom stereocenters. The number of hydrogen-bond acceptors (Lipinski definition) is 4. The van der Waals surface area contributed by atoms with Gasteiger partial charge in [-0.3, -0.25) is 0 Å². The number of anilines is 1. The van der Waals surface area contributed by atoms with Gasteiger partial charge in [0.2, 0.25) is 0 Å². The molecule has 0 fully saturated rings. The molecule has 1 aromatic rings. The van der Waals surface area contributed by atoms with E-state index in [9.17, 15) is 0 Å². The summed E-state index contributed by atoms with van der Waals surface area (Å²) in [5, 5.41) is 4.70. The highest BCUT2D eigenvalue weighted by atomic mass is 32.1.